The number of nitrogens with one attached hydrogen (secondary N) is 1. The van der Waals surface area contributed by atoms with E-state index in [1.54, 1.807) is 37.4 Å². The van der Waals surface area contributed by atoms with Gasteiger partial charge in [0.2, 0.25) is 5.88 Å². The number of carbonyl (C=O) groups is 1. The number of benzene rings is 3. The van der Waals surface area contributed by atoms with Gasteiger partial charge in [-0.15, -0.1) is 0 Å². The number of fused-ring (bicyclic) bond motifs is 1. The van der Waals surface area contributed by atoms with Crippen LogP contribution in [0.4, 0.5) is 10.1 Å². The summed E-state index contributed by atoms with van der Waals surface area (Å²) in [6.45, 7) is 5.89. The van der Waals surface area contributed by atoms with Crippen molar-refractivity contribution in [2.75, 3.05) is 5.32 Å². The van der Waals surface area contributed by atoms with Crippen molar-refractivity contribution < 1.29 is 18.7 Å². The van der Waals surface area contributed by atoms with Crippen LogP contribution >= 0.6 is 0 Å². The molecule has 0 spiro atoms. The van der Waals surface area contributed by atoms with E-state index in [2.05, 4.69) is 22.2 Å². The number of amides is 1. The summed E-state index contributed by atoms with van der Waals surface area (Å²) >= 11 is 0. The number of aryl methyl sites for hydroxylation is 1. The van der Waals surface area contributed by atoms with Crippen molar-refractivity contribution in [2.45, 2.75) is 46.1 Å². The fraction of sp³-hybridized carbons (Fsp3) is 0.250. The first-order valence-electron chi connectivity index (χ1n) is 11.7. The Morgan fingerprint density at radius 1 is 1.06 bits per heavy atom. The molecule has 1 atom stereocenters. The van der Waals surface area contributed by atoms with E-state index in [-0.39, 0.29) is 11.7 Å². The second-order valence-electron chi connectivity index (χ2n) is 8.27. The average molecular weight is 474 g/mol. The number of nitrogens with zero attached hydrogens (tertiary/aromatic N) is 2. The molecule has 6 nitrogen and oxygen atoms in total. The maximum Gasteiger partial charge on any atom is 0.255 e. The van der Waals surface area contributed by atoms with Crippen LogP contribution in [0.1, 0.15) is 49.3 Å². The quantitative estimate of drug-likeness (QED) is 0.281. The van der Waals surface area contributed by atoms with Gasteiger partial charge in [0.15, 0.2) is 0 Å². The van der Waals surface area contributed by atoms with Gasteiger partial charge in [-0.1, -0.05) is 44.5 Å². The minimum absolute atomic E-state index is 0.0205. The molecule has 35 heavy (non-hydrogen) atoms. The van der Waals surface area contributed by atoms with Crippen LogP contribution in [0.25, 0.3) is 10.8 Å². The third-order valence-electron chi connectivity index (χ3n) is 5.60. The number of anilines is 1. The zero-order chi connectivity index (χ0) is 24.8. The summed E-state index contributed by atoms with van der Waals surface area (Å²) in [4.78, 5) is 21.5. The number of hydrogen-bond donors (Lipinski definition) is 1. The number of carbonyl (C=O) groups excluding carboxylic acids is 1. The molecule has 0 radical (unpaired) electrons. The minimum atomic E-state index is -0.521. The van der Waals surface area contributed by atoms with Gasteiger partial charge < -0.3 is 14.8 Å². The number of ether oxygens (including phenoxy) is 2. The highest BCUT2D eigenvalue weighted by Crippen LogP contribution is 2.34. The van der Waals surface area contributed by atoms with Gasteiger partial charge in [0.05, 0.1) is 6.10 Å². The third-order valence-corrected chi connectivity index (χ3v) is 5.60. The Morgan fingerprint density at radius 2 is 1.86 bits per heavy atom. The normalized spacial score (nSPS) is 11.8. The molecule has 0 bridgehead atoms. The summed E-state index contributed by atoms with van der Waals surface area (Å²) in [5, 5.41) is 4.49. The third kappa shape index (κ3) is 5.93. The van der Waals surface area contributed by atoms with Crippen LogP contribution in [0, 0.1) is 12.7 Å². The topological polar surface area (TPSA) is 73.3 Å². The van der Waals surface area contributed by atoms with Crippen LogP contribution in [0.2, 0.25) is 0 Å². The van der Waals surface area contributed by atoms with Crippen LogP contribution in [-0.2, 0) is 0 Å². The second-order valence-corrected chi connectivity index (χ2v) is 8.27. The fourth-order valence-corrected chi connectivity index (χ4v) is 3.89. The molecule has 1 amide bonds. The smallest absolute Gasteiger partial charge is 0.255 e. The first kappa shape index (κ1) is 24.1. The van der Waals surface area contributed by atoms with Gasteiger partial charge in [-0.2, -0.15) is 4.98 Å². The van der Waals surface area contributed by atoms with Crippen molar-refractivity contribution in [3.63, 3.8) is 0 Å². The molecule has 1 unspecified atom stereocenters. The van der Waals surface area contributed by atoms with Crippen molar-refractivity contribution in [3.05, 3.63) is 84.1 Å². The van der Waals surface area contributed by atoms with Crippen LogP contribution in [-0.4, -0.2) is 22.0 Å². The van der Waals surface area contributed by atoms with Crippen LogP contribution < -0.4 is 14.8 Å². The molecule has 3 aromatic carbocycles. The maximum absolute atomic E-state index is 14.3. The van der Waals surface area contributed by atoms with Gasteiger partial charge in [-0.05, 0) is 44.0 Å². The molecule has 4 aromatic rings. The second kappa shape index (κ2) is 11.0. The fourth-order valence-electron chi connectivity index (χ4n) is 3.89. The Bertz CT molecular complexity index is 1340. The van der Waals surface area contributed by atoms with Crippen molar-refractivity contribution in [1.82, 2.24) is 9.97 Å². The van der Waals surface area contributed by atoms with Crippen LogP contribution in [0.3, 0.4) is 0 Å². The zero-order valence-corrected chi connectivity index (χ0v) is 20.0. The van der Waals surface area contributed by atoms with E-state index in [0.717, 1.165) is 30.0 Å². The van der Waals surface area contributed by atoms with E-state index in [9.17, 15) is 9.18 Å². The summed E-state index contributed by atoms with van der Waals surface area (Å²) in [6, 6.07) is 16.9. The minimum Gasteiger partial charge on any atom is -0.490 e. The highest BCUT2D eigenvalue weighted by Gasteiger charge is 2.15. The molecule has 0 aliphatic heterocycles. The first-order chi connectivity index (χ1) is 17.0. The van der Waals surface area contributed by atoms with Gasteiger partial charge in [0, 0.05) is 40.4 Å². The van der Waals surface area contributed by atoms with E-state index in [4.69, 9.17) is 9.47 Å². The molecule has 180 valence electrons. The van der Waals surface area contributed by atoms with E-state index >= 15 is 0 Å². The van der Waals surface area contributed by atoms with Crippen molar-refractivity contribution in [1.29, 1.82) is 0 Å². The molecule has 1 aromatic heterocycles. The van der Waals surface area contributed by atoms with Gasteiger partial charge >= 0.3 is 0 Å². The largest absolute Gasteiger partial charge is 0.490 e. The number of rotatable bonds is 9. The summed E-state index contributed by atoms with van der Waals surface area (Å²) in [7, 11) is 0. The lowest BCUT2D eigenvalue weighted by atomic mass is 10.1. The summed E-state index contributed by atoms with van der Waals surface area (Å²) in [5.74, 6) is 1.04. The van der Waals surface area contributed by atoms with Crippen LogP contribution in [0.5, 0.6) is 17.4 Å². The Kier molecular flexibility index (Phi) is 7.55. The lowest BCUT2D eigenvalue weighted by Crippen LogP contribution is -2.16. The number of hydrogen-bond acceptors (Lipinski definition) is 5. The highest BCUT2D eigenvalue weighted by molar-refractivity contribution is 6.10. The Hall–Kier alpha value is -4.00. The first-order valence-corrected chi connectivity index (χ1v) is 11.7. The molecular formula is C28H28FN3O3. The summed E-state index contributed by atoms with van der Waals surface area (Å²) in [6.07, 6.45) is 4.25. The number of aromatic nitrogens is 2. The van der Waals surface area contributed by atoms with Crippen molar-refractivity contribution in [3.8, 4) is 17.4 Å². The van der Waals surface area contributed by atoms with Gasteiger partial charge in [-0.3, -0.25) is 4.79 Å². The molecule has 0 fully saturated rings. The van der Waals surface area contributed by atoms with E-state index < -0.39 is 11.7 Å². The van der Waals surface area contributed by atoms with Gasteiger partial charge in [0.25, 0.3) is 5.91 Å². The average Bonchev–Trinajstić information content (AvgIpc) is 2.85. The SMILES string of the molecule is CCCC(CC)Oc1cc(F)cc(C(=O)Nc2ccc(Oc3ccnc(C)n3)c3ccccc23)c1. The molecule has 0 aliphatic carbocycles. The summed E-state index contributed by atoms with van der Waals surface area (Å²) in [5.41, 5.74) is 0.771. The van der Waals surface area contributed by atoms with Crippen LogP contribution in [0.15, 0.2) is 66.9 Å². The Morgan fingerprint density at radius 3 is 2.60 bits per heavy atom. The molecular weight excluding hydrogens is 445 g/mol. The molecule has 7 heteroatoms. The summed E-state index contributed by atoms with van der Waals surface area (Å²) < 4.78 is 26.2. The van der Waals surface area contributed by atoms with Gasteiger partial charge in [0.1, 0.15) is 23.1 Å². The molecule has 0 aliphatic rings. The van der Waals surface area contributed by atoms with Gasteiger partial charge in [-0.25, -0.2) is 9.37 Å². The molecule has 1 N–H and O–H groups in total. The zero-order valence-electron chi connectivity index (χ0n) is 20.0. The maximum atomic E-state index is 14.3. The standard InChI is InChI=1S/C28H28FN3O3/c1-4-8-21(5-2)34-22-16-19(15-20(29)17-22)28(33)32-25-11-12-26(24-10-7-6-9-23(24)25)35-27-13-14-30-18(3)31-27/h6-7,9-17,21H,4-5,8H2,1-3H3,(H,32,33). The van der Waals surface area contributed by atoms with E-state index in [1.165, 1.54) is 12.1 Å². The van der Waals surface area contributed by atoms with Crippen molar-refractivity contribution >= 4 is 22.4 Å². The van der Waals surface area contributed by atoms with E-state index in [1.807, 2.05) is 31.2 Å². The Labute approximate surface area is 204 Å². The monoisotopic (exact) mass is 473 g/mol. The highest BCUT2D eigenvalue weighted by atomic mass is 19.1. The van der Waals surface area contributed by atoms with E-state index in [0.29, 0.717) is 28.9 Å². The Balaban J connectivity index is 1.60. The lowest BCUT2D eigenvalue weighted by molar-refractivity contribution is 0.102. The van der Waals surface area contributed by atoms with Crippen molar-refractivity contribution in [2.24, 2.45) is 0 Å². The molecule has 1 heterocycles. The molecule has 0 saturated heterocycles. The molecule has 0 saturated carbocycles. The predicted molar refractivity (Wildman–Crippen MR) is 135 cm³/mol. The number of halogens is 1. The predicted octanol–water partition coefficient (Wildman–Crippen LogP) is 7.08. The lowest BCUT2D eigenvalue weighted by Gasteiger charge is -2.17. The molecule has 4 rings (SSSR count).